The molecule has 1 amide bonds. The molecule has 1 aliphatic heterocycles. The zero-order valence-electron chi connectivity index (χ0n) is 24.7. The number of aryl methyl sites for hydroxylation is 1. The van der Waals surface area contributed by atoms with Crippen molar-refractivity contribution in [2.45, 2.75) is 39.3 Å². The molecule has 42 heavy (non-hydrogen) atoms. The van der Waals surface area contributed by atoms with E-state index in [-0.39, 0.29) is 18.6 Å². The molecular formula is C35H42N4O3. The fourth-order valence-corrected chi connectivity index (χ4v) is 6.18. The Labute approximate surface area is 249 Å². The molecule has 2 heterocycles. The van der Waals surface area contributed by atoms with E-state index in [2.05, 4.69) is 62.6 Å². The molecular weight excluding hydrogens is 524 g/mol. The summed E-state index contributed by atoms with van der Waals surface area (Å²) in [5, 5.41) is 14.1. The first-order chi connectivity index (χ1) is 20.5. The van der Waals surface area contributed by atoms with Gasteiger partial charge in [0.25, 0.3) is 0 Å². The van der Waals surface area contributed by atoms with Crippen LogP contribution in [0.2, 0.25) is 0 Å². The van der Waals surface area contributed by atoms with Gasteiger partial charge in [-0.05, 0) is 86.3 Å². The molecule has 1 atom stereocenters. The molecule has 0 radical (unpaired) electrons. The summed E-state index contributed by atoms with van der Waals surface area (Å²) in [5.74, 6) is 1.22. The van der Waals surface area contributed by atoms with E-state index in [1.807, 2.05) is 49.4 Å². The number of hydrogen-bond donors (Lipinski definition) is 2. The van der Waals surface area contributed by atoms with Gasteiger partial charge in [-0.3, -0.25) is 19.6 Å². The smallest absolute Gasteiger partial charge is 0.221 e. The number of hydrogen-bond acceptors (Lipinski definition) is 6. The van der Waals surface area contributed by atoms with Crippen LogP contribution in [0.15, 0.2) is 84.9 Å². The number of nitrogens with one attached hydrogen (secondary N) is 1. The number of rotatable bonds is 12. The number of ether oxygens (including phenoxy) is 1. The number of benzene rings is 3. The van der Waals surface area contributed by atoms with Crippen molar-refractivity contribution in [2.75, 3.05) is 44.7 Å². The van der Waals surface area contributed by atoms with Crippen molar-refractivity contribution in [3.8, 4) is 5.75 Å². The Morgan fingerprint density at radius 2 is 1.83 bits per heavy atom. The van der Waals surface area contributed by atoms with Gasteiger partial charge in [0.1, 0.15) is 12.4 Å². The third-order valence-corrected chi connectivity index (χ3v) is 8.13. The van der Waals surface area contributed by atoms with Crippen LogP contribution < -0.4 is 10.1 Å². The molecule has 1 aliphatic rings. The maximum atomic E-state index is 11.8. The van der Waals surface area contributed by atoms with E-state index in [1.165, 1.54) is 18.1 Å². The van der Waals surface area contributed by atoms with Crippen LogP contribution in [-0.2, 0) is 11.3 Å². The highest BCUT2D eigenvalue weighted by Gasteiger charge is 2.32. The summed E-state index contributed by atoms with van der Waals surface area (Å²) in [6.07, 6.45) is 2.09. The second-order valence-electron chi connectivity index (χ2n) is 11.2. The Kier molecular flexibility index (Phi) is 10.2. The molecule has 0 spiro atoms. The van der Waals surface area contributed by atoms with Crippen LogP contribution in [-0.4, -0.2) is 65.2 Å². The fraction of sp³-hybridized carbons (Fsp3) is 0.371. The van der Waals surface area contributed by atoms with Gasteiger partial charge in [-0.15, -0.1) is 0 Å². The van der Waals surface area contributed by atoms with E-state index in [0.29, 0.717) is 19.1 Å². The lowest BCUT2D eigenvalue weighted by molar-refractivity contribution is -0.114. The van der Waals surface area contributed by atoms with Crippen LogP contribution in [0.1, 0.15) is 42.6 Å². The number of aliphatic hydroxyl groups is 1. The van der Waals surface area contributed by atoms with Crippen LogP contribution in [0, 0.1) is 12.8 Å². The highest BCUT2D eigenvalue weighted by Crippen LogP contribution is 2.37. The van der Waals surface area contributed by atoms with Gasteiger partial charge in [0.2, 0.25) is 5.91 Å². The predicted octanol–water partition coefficient (Wildman–Crippen LogP) is 5.83. The van der Waals surface area contributed by atoms with E-state index in [0.717, 1.165) is 67.1 Å². The number of anilines is 1. The van der Waals surface area contributed by atoms with Gasteiger partial charge < -0.3 is 15.2 Å². The van der Waals surface area contributed by atoms with E-state index < -0.39 is 0 Å². The van der Waals surface area contributed by atoms with Crippen LogP contribution in [0.3, 0.4) is 0 Å². The molecule has 0 aliphatic carbocycles. The standard InChI is InChI=1S/C35H42N4O3/c1-26-14-15-32-33(36-26)12-7-13-34(32)42-23-21-38-18-16-29(17-19-38)35(30-10-6-11-31(24-30)37-27(2)41)39(20-22-40)25-28-8-4-3-5-9-28/h3-15,24,29,35,40H,16-23,25H2,1-2H3,(H,37,41). The molecule has 1 saturated heterocycles. The van der Waals surface area contributed by atoms with E-state index in [9.17, 15) is 9.90 Å². The molecule has 0 saturated carbocycles. The van der Waals surface area contributed by atoms with Crippen LogP contribution >= 0.6 is 0 Å². The Morgan fingerprint density at radius 1 is 1.05 bits per heavy atom. The number of piperidine rings is 1. The van der Waals surface area contributed by atoms with Crippen molar-refractivity contribution >= 4 is 22.5 Å². The number of pyridine rings is 1. The normalized spacial score (nSPS) is 15.1. The van der Waals surface area contributed by atoms with Crippen molar-refractivity contribution in [3.63, 3.8) is 0 Å². The number of likely N-dealkylation sites (tertiary alicyclic amines) is 1. The Bertz CT molecular complexity index is 1450. The van der Waals surface area contributed by atoms with Crippen LogP contribution in [0.4, 0.5) is 5.69 Å². The maximum absolute atomic E-state index is 11.8. The number of carbonyl (C=O) groups is 1. The van der Waals surface area contributed by atoms with Crippen molar-refractivity contribution < 1.29 is 14.6 Å². The quantitative estimate of drug-likeness (QED) is 0.225. The molecule has 1 unspecified atom stereocenters. The summed E-state index contributed by atoms with van der Waals surface area (Å²) in [6, 6.07) is 29.0. The number of aromatic nitrogens is 1. The molecule has 2 N–H and O–H groups in total. The largest absolute Gasteiger partial charge is 0.492 e. The first-order valence-electron chi connectivity index (χ1n) is 15.0. The van der Waals surface area contributed by atoms with Gasteiger partial charge in [0, 0.05) is 49.4 Å². The first kappa shape index (κ1) is 29.7. The Balaban J connectivity index is 1.27. The number of fused-ring (bicyclic) bond motifs is 1. The highest BCUT2D eigenvalue weighted by molar-refractivity contribution is 5.88. The van der Waals surface area contributed by atoms with Crippen LogP contribution in [0.25, 0.3) is 10.9 Å². The average molecular weight is 567 g/mol. The predicted molar refractivity (Wildman–Crippen MR) is 169 cm³/mol. The zero-order valence-corrected chi connectivity index (χ0v) is 24.7. The molecule has 4 aromatic rings. The number of aliphatic hydroxyl groups excluding tert-OH is 1. The van der Waals surface area contributed by atoms with E-state index >= 15 is 0 Å². The van der Waals surface area contributed by atoms with Gasteiger partial charge in [-0.25, -0.2) is 0 Å². The van der Waals surface area contributed by atoms with Gasteiger partial charge in [-0.2, -0.15) is 0 Å². The van der Waals surface area contributed by atoms with Crippen molar-refractivity contribution in [1.82, 2.24) is 14.8 Å². The molecule has 220 valence electrons. The van der Waals surface area contributed by atoms with Gasteiger partial charge in [0.15, 0.2) is 0 Å². The Hall–Kier alpha value is -3.78. The van der Waals surface area contributed by atoms with Gasteiger partial charge >= 0.3 is 0 Å². The minimum Gasteiger partial charge on any atom is -0.492 e. The molecule has 5 rings (SSSR count). The van der Waals surface area contributed by atoms with Gasteiger partial charge in [0.05, 0.1) is 12.1 Å². The summed E-state index contributed by atoms with van der Waals surface area (Å²) < 4.78 is 6.23. The lowest BCUT2D eigenvalue weighted by Gasteiger charge is -2.41. The summed E-state index contributed by atoms with van der Waals surface area (Å²) in [5.41, 5.74) is 5.17. The molecule has 7 heteroatoms. The topological polar surface area (TPSA) is 77.9 Å². The SMILES string of the molecule is CC(=O)Nc1cccc(C(C2CCN(CCOc3cccc4nc(C)ccc34)CC2)N(CCO)Cc2ccccc2)c1. The third kappa shape index (κ3) is 7.73. The van der Waals surface area contributed by atoms with Crippen molar-refractivity contribution in [2.24, 2.45) is 5.92 Å². The minimum absolute atomic E-state index is 0.0781. The second-order valence-corrected chi connectivity index (χ2v) is 11.2. The van der Waals surface area contributed by atoms with Crippen molar-refractivity contribution in [1.29, 1.82) is 0 Å². The summed E-state index contributed by atoms with van der Waals surface area (Å²) >= 11 is 0. The third-order valence-electron chi connectivity index (χ3n) is 8.13. The Morgan fingerprint density at radius 3 is 2.60 bits per heavy atom. The summed E-state index contributed by atoms with van der Waals surface area (Å²) in [7, 11) is 0. The monoisotopic (exact) mass is 566 g/mol. The summed E-state index contributed by atoms with van der Waals surface area (Å²) in [4.78, 5) is 21.3. The zero-order chi connectivity index (χ0) is 29.3. The molecule has 1 fully saturated rings. The lowest BCUT2D eigenvalue weighted by Crippen LogP contribution is -2.42. The number of amides is 1. The fourth-order valence-electron chi connectivity index (χ4n) is 6.18. The maximum Gasteiger partial charge on any atom is 0.221 e. The molecule has 0 bridgehead atoms. The minimum atomic E-state index is -0.0781. The van der Waals surface area contributed by atoms with Crippen molar-refractivity contribution in [3.05, 3.63) is 102 Å². The highest BCUT2D eigenvalue weighted by atomic mass is 16.5. The van der Waals surface area contributed by atoms with E-state index in [1.54, 1.807) is 0 Å². The average Bonchev–Trinajstić information content (AvgIpc) is 2.98. The number of nitrogens with zero attached hydrogens (tertiary/aromatic N) is 3. The molecule has 1 aromatic heterocycles. The summed E-state index contributed by atoms with van der Waals surface area (Å²) in [6.45, 7) is 8.45. The second kappa shape index (κ2) is 14.4. The first-order valence-corrected chi connectivity index (χ1v) is 15.0. The number of carbonyl (C=O) groups excluding carboxylic acids is 1. The molecule has 3 aromatic carbocycles. The van der Waals surface area contributed by atoms with E-state index in [4.69, 9.17) is 4.74 Å². The lowest BCUT2D eigenvalue weighted by atomic mass is 9.83. The van der Waals surface area contributed by atoms with Crippen LogP contribution in [0.5, 0.6) is 5.75 Å². The molecule has 7 nitrogen and oxygen atoms in total. The van der Waals surface area contributed by atoms with Gasteiger partial charge in [-0.1, -0.05) is 48.5 Å².